The predicted molar refractivity (Wildman–Crippen MR) is 109 cm³/mol. The van der Waals surface area contributed by atoms with Crippen LogP contribution in [-0.4, -0.2) is 104 Å². The Kier molecular flexibility index (Phi) is 7.62. The van der Waals surface area contributed by atoms with E-state index in [1.165, 1.54) is 11.1 Å². The number of aromatic nitrogens is 1. The van der Waals surface area contributed by atoms with Crippen LogP contribution in [0.15, 0.2) is 23.5 Å². The normalized spacial score (nSPS) is 19.0. The van der Waals surface area contributed by atoms with Crippen LogP contribution in [0.25, 0.3) is 0 Å². The van der Waals surface area contributed by atoms with Crippen molar-refractivity contribution in [1.82, 2.24) is 25.0 Å². The van der Waals surface area contributed by atoms with E-state index in [-0.39, 0.29) is 5.91 Å². The Hall–Kier alpha value is -2.19. The molecule has 3 rings (SSSR count). The quantitative estimate of drug-likeness (QED) is 0.565. The first kappa shape index (κ1) is 20.5. The maximum absolute atomic E-state index is 12.4. The average molecular weight is 389 g/mol. The SMILES string of the molecule is CN=C(NCCc1ccncc1C)N1CCN(CC(=O)N2CCOCC2)CC1. The van der Waals surface area contributed by atoms with Gasteiger partial charge in [0.15, 0.2) is 5.96 Å². The molecular formula is C20H32N6O2. The Morgan fingerprint density at radius 3 is 2.61 bits per heavy atom. The first-order chi connectivity index (χ1) is 13.7. The summed E-state index contributed by atoms with van der Waals surface area (Å²) in [7, 11) is 1.83. The third kappa shape index (κ3) is 5.65. The number of pyridine rings is 1. The number of carbonyl (C=O) groups is 1. The first-order valence-corrected chi connectivity index (χ1v) is 10.1. The van der Waals surface area contributed by atoms with Crippen LogP contribution in [0, 0.1) is 6.92 Å². The lowest BCUT2D eigenvalue weighted by Crippen LogP contribution is -2.55. The summed E-state index contributed by atoms with van der Waals surface area (Å²) in [6, 6.07) is 2.07. The van der Waals surface area contributed by atoms with Gasteiger partial charge in [0.2, 0.25) is 5.91 Å². The van der Waals surface area contributed by atoms with Gasteiger partial charge in [0.05, 0.1) is 19.8 Å². The lowest BCUT2D eigenvalue weighted by Gasteiger charge is -2.37. The number of nitrogens with one attached hydrogen (secondary N) is 1. The highest BCUT2D eigenvalue weighted by Gasteiger charge is 2.24. The Bertz CT molecular complexity index is 666. The number of guanidine groups is 1. The second-order valence-corrected chi connectivity index (χ2v) is 7.28. The second-order valence-electron chi connectivity index (χ2n) is 7.28. The van der Waals surface area contributed by atoms with Gasteiger partial charge >= 0.3 is 0 Å². The van der Waals surface area contributed by atoms with Gasteiger partial charge in [-0.3, -0.25) is 19.7 Å². The summed E-state index contributed by atoms with van der Waals surface area (Å²) in [4.78, 5) is 27.4. The highest BCUT2D eigenvalue weighted by Crippen LogP contribution is 2.07. The van der Waals surface area contributed by atoms with Crippen molar-refractivity contribution in [2.75, 3.05) is 72.6 Å². The van der Waals surface area contributed by atoms with E-state index < -0.39 is 0 Å². The molecule has 154 valence electrons. The van der Waals surface area contributed by atoms with Crippen LogP contribution in [-0.2, 0) is 16.0 Å². The van der Waals surface area contributed by atoms with Gasteiger partial charge in [-0.2, -0.15) is 0 Å². The Morgan fingerprint density at radius 1 is 1.18 bits per heavy atom. The van der Waals surface area contributed by atoms with Gasteiger partial charge in [0, 0.05) is 65.3 Å². The summed E-state index contributed by atoms with van der Waals surface area (Å²) in [5, 5.41) is 3.47. The molecule has 1 aromatic heterocycles. The van der Waals surface area contributed by atoms with Crippen molar-refractivity contribution in [2.24, 2.45) is 4.99 Å². The predicted octanol–water partition coefficient (Wildman–Crippen LogP) is -0.0157. The zero-order chi connectivity index (χ0) is 19.8. The van der Waals surface area contributed by atoms with E-state index >= 15 is 0 Å². The molecular weight excluding hydrogens is 356 g/mol. The van der Waals surface area contributed by atoms with E-state index in [9.17, 15) is 4.79 Å². The molecule has 8 nitrogen and oxygen atoms in total. The maximum Gasteiger partial charge on any atom is 0.236 e. The number of carbonyl (C=O) groups excluding carboxylic acids is 1. The Balaban J connectivity index is 1.40. The number of ether oxygens (including phenoxy) is 1. The number of morpholine rings is 1. The maximum atomic E-state index is 12.4. The zero-order valence-electron chi connectivity index (χ0n) is 17.1. The first-order valence-electron chi connectivity index (χ1n) is 10.1. The third-order valence-corrected chi connectivity index (χ3v) is 5.42. The van der Waals surface area contributed by atoms with Crippen LogP contribution in [0.1, 0.15) is 11.1 Å². The van der Waals surface area contributed by atoms with E-state index in [1.54, 1.807) is 0 Å². The fraction of sp³-hybridized carbons (Fsp3) is 0.650. The molecule has 1 aromatic rings. The van der Waals surface area contributed by atoms with Crippen molar-refractivity contribution >= 4 is 11.9 Å². The van der Waals surface area contributed by atoms with Gasteiger partial charge in [0.1, 0.15) is 0 Å². The number of aryl methyl sites for hydroxylation is 1. The van der Waals surface area contributed by atoms with Gasteiger partial charge in [0.25, 0.3) is 0 Å². The van der Waals surface area contributed by atoms with Crippen molar-refractivity contribution < 1.29 is 9.53 Å². The van der Waals surface area contributed by atoms with Crippen LogP contribution >= 0.6 is 0 Å². The summed E-state index contributed by atoms with van der Waals surface area (Å²) < 4.78 is 5.32. The topological polar surface area (TPSA) is 73.3 Å². The summed E-state index contributed by atoms with van der Waals surface area (Å²) >= 11 is 0. The molecule has 1 N–H and O–H groups in total. The molecule has 0 aromatic carbocycles. The average Bonchev–Trinajstić information content (AvgIpc) is 2.74. The molecule has 0 unspecified atom stereocenters. The lowest BCUT2D eigenvalue weighted by atomic mass is 10.1. The van der Waals surface area contributed by atoms with E-state index in [0.717, 1.165) is 45.1 Å². The van der Waals surface area contributed by atoms with Gasteiger partial charge in [-0.25, -0.2) is 0 Å². The third-order valence-electron chi connectivity index (χ3n) is 5.42. The summed E-state index contributed by atoms with van der Waals surface area (Å²) in [5.74, 6) is 1.15. The Labute approximate surface area is 167 Å². The minimum Gasteiger partial charge on any atom is -0.378 e. The highest BCUT2D eigenvalue weighted by molar-refractivity contribution is 5.80. The molecule has 0 atom stereocenters. The fourth-order valence-corrected chi connectivity index (χ4v) is 3.65. The van der Waals surface area contributed by atoms with E-state index in [0.29, 0.717) is 32.8 Å². The number of nitrogens with zero attached hydrogens (tertiary/aromatic N) is 5. The van der Waals surface area contributed by atoms with Crippen molar-refractivity contribution in [1.29, 1.82) is 0 Å². The van der Waals surface area contributed by atoms with Gasteiger partial charge in [-0.15, -0.1) is 0 Å². The van der Waals surface area contributed by atoms with Crippen molar-refractivity contribution in [3.8, 4) is 0 Å². The van der Waals surface area contributed by atoms with Gasteiger partial charge in [-0.05, 0) is 30.5 Å². The van der Waals surface area contributed by atoms with Gasteiger partial charge < -0.3 is 19.9 Å². The Morgan fingerprint density at radius 2 is 1.93 bits per heavy atom. The fourth-order valence-electron chi connectivity index (χ4n) is 3.65. The molecule has 28 heavy (non-hydrogen) atoms. The van der Waals surface area contributed by atoms with Crippen molar-refractivity contribution in [2.45, 2.75) is 13.3 Å². The number of hydrogen-bond acceptors (Lipinski definition) is 5. The van der Waals surface area contributed by atoms with Crippen LogP contribution < -0.4 is 5.32 Å². The number of aliphatic imine (C=N–C) groups is 1. The minimum absolute atomic E-state index is 0.215. The lowest BCUT2D eigenvalue weighted by molar-refractivity contribution is -0.136. The molecule has 8 heteroatoms. The van der Waals surface area contributed by atoms with E-state index in [2.05, 4.69) is 38.1 Å². The molecule has 3 heterocycles. The molecule has 2 aliphatic rings. The summed E-state index contributed by atoms with van der Waals surface area (Å²) in [5.41, 5.74) is 2.53. The number of rotatable bonds is 5. The number of hydrogen-bond donors (Lipinski definition) is 1. The number of amides is 1. The molecule has 0 bridgehead atoms. The van der Waals surface area contributed by atoms with E-state index in [1.807, 2.05) is 24.3 Å². The smallest absolute Gasteiger partial charge is 0.236 e. The highest BCUT2D eigenvalue weighted by atomic mass is 16.5. The second kappa shape index (κ2) is 10.4. The van der Waals surface area contributed by atoms with Gasteiger partial charge in [-0.1, -0.05) is 0 Å². The number of piperazine rings is 1. The molecule has 1 amide bonds. The molecule has 2 saturated heterocycles. The monoisotopic (exact) mass is 388 g/mol. The van der Waals surface area contributed by atoms with Crippen molar-refractivity contribution in [3.63, 3.8) is 0 Å². The zero-order valence-corrected chi connectivity index (χ0v) is 17.1. The van der Waals surface area contributed by atoms with Crippen LogP contribution in [0.3, 0.4) is 0 Å². The molecule has 0 spiro atoms. The minimum atomic E-state index is 0.215. The molecule has 0 saturated carbocycles. The molecule has 0 radical (unpaired) electrons. The molecule has 2 fully saturated rings. The van der Waals surface area contributed by atoms with Crippen molar-refractivity contribution in [3.05, 3.63) is 29.6 Å². The van der Waals surface area contributed by atoms with Crippen LogP contribution in [0.2, 0.25) is 0 Å². The van der Waals surface area contributed by atoms with Crippen LogP contribution in [0.4, 0.5) is 0 Å². The summed E-state index contributed by atoms with van der Waals surface area (Å²) in [6.07, 6.45) is 4.69. The summed E-state index contributed by atoms with van der Waals surface area (Å²) in [6.45, 7) is 9.68. The van der Waals surface area contributed by atoms with E-state index in [4.69, 9.17) is 4.74 Å². The van der Waals surface area contributed by atoms with Crippen LogP contribution in [0.5, 0.6) is 0 Å². The largest absolute Gasteiger partial charge is 0.378 e. The molecule has 2 aliphatic heterocycles. The molecule has 0 aliphatic carbocycles. The standard InChI is InChI=1S/C20H32N6O2/c1-17-15-22-5-3-18(17)4-6-23-20(21-2)26-9-7-24(8-10-26)16-19(27)25-11-13-28-14-12-25/h3,5,15H,4,6-14,16H2,1-2H3,(H,21,23).